The van der Waals surface area contributed by atoms with Crippen LogP contribution in [0.3, 0.4) is 0 Å². The molecule has 1 atom stereocenters. The van der Waals surface area contributed by atoms with Gasteiger partial charge in [-0.3, -0.25) is 4.79 Å². The van der Waals surface area contributed by atoms with Gasteiger partial charge in [-0.2, -0.15) is 0 Å². The number of amides is 1. The van der Waals surface area contributed by atoms with Crippen molar-refractivity contribution in [3.8, 4) is 0 Å². The van der Waals surface area contributed by atoms with E-state index in [2.05, 4.69) is 37.2 Å². The first-order chi connectivity index (χ1) is 8.31. The highest BCUT2D eigenvalue weighted by atomic mass is 79.9. The molecule has 0 radical (unpaired) electrons. The topological polar surface area (TPSA) is 66.4 Å². The van der Waals surface area contributed by atoms with E-state index in [1.165, 1.54) is 0 Å². The average Bonchev–Trinajstić information content (AvgIpc) is 2.23. The van der Waals surface area contributed by atoms with Crippen molar-refractivity contribution in [3.63, 3.8) is 0 Å². The summed E-state index contributed by atoms with van der Waals surface area (Å²) in [6.45, 7) is 3.49. The molecule has 1 aromatic carbocycles. The van der Waals surface area contributed by atoms with Crippen LogP contribution in [0.25, 0.3) is 0 Å². The summed E-state index contributed by atoms with van der Waals surface area (Å²) >= 11 is 6.56. The number of aliphatic carboxylic acids is 1. The van der Waals surface area contributed by atoms with Crippen LogP contribution in [-0.2, 0) is 4.79 Å². The van der Waals surface area contributed by atoms with Gasteiger partial charge >= 0.3 is 5.97 Å². The van der Waals surface area contributed by atoms with Gasteiger partial charge in [-0.15, -0.1) is 0 Å². The standard InChI is InChI=1S/C12H13Br2NO3/c1-6(2)10(12(17)18)15-11(16)7-3-8(13)5-9(14)4-7/h3-6,10H,1-2H3,(H,15,16)(H,17,18). The number of hydrogen-bond acceptors (Lipinski definition) is 2. The molecule has 1 aromatic rings. The van der Waals surface area contributed by atoms with Gasteiger partial charge in [0.25, 0.3) is 5.91 Å². The smallest absolute Gasteiger partial charge is 0.326 e. The molecule has 1 rings (SSSR count). The highest BCUT2D eigenvalue weighted by molar-refractivity contribution is 9.11. The lowest BCUT2D eigenvalue weighted by Crippen LogP contribution is -2.44. The van der Waals surface area contributed by atoms with Crippen LogP contribution in [-0.4, -0.2) is 23.0 Å². The van der Waals surface area contributed by atoms with Crippen molar-refractivity contribution in [2.24, 2.45) is 5.92 Å². The highest BCUT2D eigenvalue weighted by Crippen LogP contribution is 2.20. The number of carbonyl (C=O) groups excluding carboxylic acids is 1. The maximum Gasteiger partial charge on any atom is 0.326 e. The Balaban J connectivity index is 2.90. The number of hydrogen-bond donors (Lipinski definition) is 2. The van der Waals surface area contributed by atoms with Gasteiger partial charge < -0.3 is 10.4 Å². The minimum atomic E-state index is -1.03. The molecule has 6 heteroatoms. The van der Waals surface area contributed by atoms with Crippen molar-refractivity contribution in [1.29, 1.82) is 0 Å². The summed E-state index contributed by atoms with van der Waals surface area (Å²) in [5, 5.41) is 11.5. The Labute approximate surface area is 122 Å². The molecular formula is C12H13Br2NO3. The molecule has 18 heavy (non-hydrogen) atoms. The Hall–Kier alpha value is -0.880. The van der Waals surface area contributed by atoms with Crippen molar-refractivity contribution >= 4 is 43.7 Å². The molecule has 1 amide bonds. The number of carboxylic acid groups (broad SMARTS) is 1. The van der Waals surface area contributed by atoms with Gasteiger partial charge in [0, 0.05) is 14.5 Å². The van der Waals surface area contributed by atoms with Crippen LogP contribution in [0.1, 0.15) is 24.2 Å². The van der Waals surface area contributed by atoms with Gasteiger partial charge in [-0.05, 0) is 24.1 Å². The van der Waals surface area contributed by atoms with Gasteiger partial charge in [-0.1, -0.05) is 45.7 Å². The lowest BCUT2D eigenvalue weighted by Gasteiger charge is -2.18. The summed E-state index contributed by atoms with van der Waals surface area (Å²) in [6.07, 6.45) is 0. The summed E-state index contributed by atoms with van der Waals surface area (Å²) < 4.78 is 1.50. The molecular weight excluding hydrogens is 366 g/mol. The van der Waals surface area contributed by atoms with Gasteiger partial charge in [0.05, 0.1) is 0 Å². The normalized spacial score (nSPS) is 12.3. The molecule has 2 N–H and O–H groups in total. The number of nitrogens with one attached hydrogen (secondary N) is 1. The Morgan fingerprint density at radius 2 is 1.67 bits per heavy atom. The minimum absolute atomic E-state index is 0.179. The summed E-state index contributed by atoms with van der Waals surface area (Å²) in [5.74, 6) is -1.62. The molecule has 0 heterocycles. The molecule has 0 aliphatic carbocycles. The molecule has 98 valence electrons. The first-order valence-electron chi connectivity index (χ1n) is 5.31. The molecule has 1 unspecified atom stereocenters. The van der Waals surface area contributed by atoms with Crippen molar-refractivity contribution in [2.75, 3.05) is 0 Å². The van der Waals surface area contributed by atoms with Crippen LogP contribution in [0.2, 0.25) is 0 Å². The number of halogens is 2. The molecule has 0 aromatic heterocycles. The Morgan fingerprint density at radius 1 is 1.17 bits per heavy atom. The van der Waals surface area contributed by atoms with E-state index in [1.54, 1.807) is 32.0 Å². The van der Waals surface area contributed by atoms with Crippen LogP contribution < -0.4 is 5.32 Å². The van der Waals surface area contributed by atoms with E-state index < -0.39 is 17.9 Å². The minimum Gasteiger partial charge on any atom is -0.480 e. The van der Waals surface area contributed by atoms with Gasteiger partial charge in [0.15, 0.2) is 0 Å². The van der Waals surface area contributed by atoms with Gasteiger partial charge in [0.2, 0.25) is 0 Å². The molecule has 0 aliphatic heterocycles. The van der Waals surface area contributed by atoms with Crippen LogP contribution in [0.15, 0.2) is 27.1 Å². The van der Waals surface area contributed by atoms with Crippen molar-refractivity contribution < 1.29 is 14.7 Å². The van der Waals surface area contributed by atoms with Crippen molar-refractivity contribution in [2.45, 2.75) is 19.9 Å². The highest BCUT2D eigenvalue weighted by Gasteiger charge is 2.24. The maximum atomic E-state index is 12.0. The van der Waals surface area contributed by atoms with E-state index >= 15 is 0 Å². The fourth-order valence-electron chi connectivity index (χ4n) is 1.42. The third-order valence-electron chi connectivity index (χ3n) is 2.34. The zero-order valence-electron chi connectivity index (χ0n) is 9.91. The van der Waals surface area contributed by atoms with E-state index in [1.807, 2.05) is 0 Å². The Morgan fingerprint density at radius 3 is 2.06 bits per heavy atom. The van der Waals surface area contributed by atoms with Crippen LogP contribution in [0, 0.1) is 5.92 Å². The lowest BCUT2D eigenvalue weighted by molar-refractivity contribution is -0.140. The fourth-order valence-corrected chi connectivity index (χ4v) is 2.72. The zero-order valence-corrected chi connectivity index (χ0v) is 13.1. The Kier molecular flexibility index (Phi) is 5.34. The number of rotatable bonds is 4. The predicted molar refractivity (Wildman–Crippen MR) is 75.6 cm³/mol. The molecule has 0 saturated heterocycles. The molecule has 0 spiro atoms. The molecule has 0 aliphatic rings. The predicted octanol–water partition coefficient (Wildman–Crippen LogP) is 3.05. The first-order valence-corrected chi connectivity index (χ1v) is 6.89. The van der Waals surface area contributed by atoms with Crippen LogP contribution in [0.5, 0.6) is 0 Å². The summed E-state index contributed by atoms with van der Waals surface area (Å²) in [4.78, 5) is 23.0. The maximum absolute atomic E-state index is 12.0. The van der Waals surface area contributed by atoms with E-state index in [0.717, 1.165) is 8.95 Å². The quantitative estimate of drug-likeness (QED) is 0.846. The summed E-state index contributed by atoms with van der Waals surface area (Å²) in [6, 6.07) is 4.18. The summed E-state index contributed by atoms with van der Waals surface area (Å²) in [7, 11) is 0. The zero-order chi connectivity index (χ0) is 13.9. The lowest BCUT2D eigenvalue weighted by atomic mass is 10.0. The van der Waals surface area contributed by atoms with E-state index in [-0.39, 0.29) is 5.92 Å². The summed E-state index contributed by atoms with van der Waals surface area (Å²) in [5.41, 5.74) is 0.406. The molecule has 4 nitrogen and oxygen atoms in total. The number of benzene rings is 1. The van der Waals surface area contributed by atoms with Crippen LogP contribution >= 0.6 is 31.9 Å². The number of carboxylic acids is 1. The first kappa shape index (κ1) is 15.2. The fraction of sp³-hybridized carbons (Fsp3) is 0.333. The third kappa shape index (κ3) is 4.10. The van der Waals surface area contributed by atoms with Crippen molar-refractivity contribution in [3.05, 3.63) is 32.7 Å². The molecule has 0 fully saturated rings. The van der Waals surface area contributed by atoms with Crippen LogP contribution in [0.4, 0.5) is 0 Å². The Bertz CT molecular complexity index is 454. The van der Waals surface area contributed by atoms with Crippen molar-refractivity contribution in [1.82, 2.24) is 5.32 Å². The number of carbonyl (C=O) groups is 2. The third-order valence-corrected chi connectivity index (χ3v) is 3.26. The van der Waals surface area contributed by atoms with Gasteiger partial charge in [0.1, 0.15) is 6.04 Å². The van der Waals surface area contributed by atoms with E-state index in [4.69, 9.17) is 5.11 Å². The molecule has 0 saturated carbocycles. The van der Waals surface area contributed by atoms with E-state index in [9.17, 15) is 9.59 Å². The monoisotopic (exact) mass is 377 g/mol. The average molecular weight is 379 g/mol. The van der Waals surface area contributed by atoms with Gasteiger partial charge in [-0.25, -0.2) is 4.79 Å². The second kappa shape index (κ2) is 6.33. The molecule has 0 bridgehead atoms. The largest absolute Gasteiger partial charge is 0.480 e. The second-order valence-electron chi connectivity index (χ2n) is 4.19. The second-order valence-corrected chi connectivity index (χ2v) is 6.02. The SMILES string of the molecule is CC(C)C(NC(=O)c1cc(Br)cc(Br)c1)C(=O)O. The van der Waals surface area contributed by atoms with E-state index in [0.29, 0.717) is 5.56 Å².